The van der Waals surface area contributed by atoms with Crippen LogP contribution in [-0.4, -0.2) is 31.4 Å². The van der Waals surface area contributed by atoms with Gasteiger partial charge >= 0.3 is 5.97 Å². The van der Waals surface area contributed by atoms with Crippen LogP contribution in [0.1, 0.15) is 5.69 Å². The highest BCUT2D eigenvalue weighted by Crippen LogP contribution is 2.23. The summed E-state index contributed by atoms with van der Waals surface area (Å²) in [5.41, 5.74) is 7.15. The molecule has 0 fully saturated rings. The summed E-state index contributed by atoms with van der Waals surface area (Å²) in [6, 6.07) is 8.40. The van der Waals surface area contributed by atoms with Gasteiger partial charge in [-0.05, 0) is 24.3 Å². The summed E-state index contributed by atoms with van der Waals surface area (Å²) in [7, 11) is 2.91. The zero-order valence-electron chi connectivity index (χ0n) is 11.3. The molecule has 1 aromatic carbocycles. The number of methoxy groups -OCH3 is 2. The van der Waals surface area contributed by atoms with Crippen LogP contribution in [0.2, 0.25) is 0 Å². The van der Waals surface area contributed by atoms with Crippen molar-refractivity contribution >= 4 is 5.97 Å². The minimum atomic E-state index is -0.742. The van der Waals surface area contributed by atoms with Gasteiger partial charge in [-0.15, -0.1) is 0 Å². The van der Waals surface area contributed by atoms with Crippen molar-refractivity contribution in [2.45, 2.75) is 12.5 Å². The molecule has 1 aromatic heterocycles. The molecule has 0 aliphatic carbocycles. The van der Waals surface area contributed by atoms with Gasteiger partial charge in [0.15, 0.2) is 5.76 Å². The average molecular weight is 276 g/mol. The van der Waals surface area contributed by atoms with Gasteiger partial charge in [-0.25, -0.2) is 0 Å². The zero-order chi connectivity index (χ0) is 14.5. The van der Waals surface area contributed by atoms with E-state index in [1.54, 1.807) is 13.2 Å². The van der Waals surface area contributed by atoms with Crippen LogP contribution >= 0.6 is 0 Å². The second kappa shape index (κ2) is 6.21. The van der Waals surface area contributed by atoms with Crippen molar-refractivity contribution in [3.05, 3.63) is 36.0 Å². The van der Waals surface area contributed by atoms with Crippen molar-refractivity contribution in [3.63, 3.8) is 0 Å². The molecule has 106 valence electrons. The van der Waals surface area contributed by atoms with Crippen molar-refractivity contribution in [1.29, 1.82) is 0 Å². The first kappa shape index (κ1) is 14.1. The molecule has 0 aliphatic rings. The first-order valence-corrected chi connectivity index (χ1v) is 6.07. The third-order valence-corrected chi connectivity index (χ3v) is 2.87. The molecule has 0 radical (unpaired) electrons. The van der Waals surface area contributed by atoms with Gasteiger partial charge in [0.2, 0.25) is 0 Å². The lowest BCUT2D eigenvalue weighted by molar-refractivity contribution is -0.142. The quantitative estimate of drug-likeness (QED) is 0.830. The van der Waals surface area contributed by atoms with Crippen LogP contribution in [0.5, 0.6) is 5.75 Å². The molecule has 2 aromatic rings. The maximum atomic E-state index is 11.2. The monoisotopic (exact) mass is 276 g/mol. The van der Waals surface area contributed by atoms with E-state index in [4.69, 9.17) is 15.0 Å². The Morgan fingerprint density at radius 1 is 1.35 bits per heavy atom. The van der Waals surface area contributed by atoms with Crippen molar-refractivity contribution in [2.75, 3.05) is 14.2 Å². The Labute approximate surface area is 116 Å². The molecule has 0 aliphatic heterocycles. The second-order valence-electron chi connectivity index (χ2n) is 4.24. The SMILES string of the molecule is COC(=O)C(N)Cc1cc(-c2ccc(OC)cc2)on1. The Hall–Kier alpha value is -2.34. The highest BCUT2D eigenvalue weighted by Gasteiger charge is 2.17. The Morgan fingerprint density at radius 2 is 2.05 bits per heavy atom. The van der Waals surface area contributed by atoms with E-state index >= 15 is 0 Å². The molecular formula is C14H16N2O4. The van der Waals surface area contributed by atoms with Gasteiger partial charge in [-0.2, -0.15) is 0 Å². The van der Waals surface area contributed by atoms with E-state index in [-0.39, 0.29) is 6.42 Å². The minimum absolute atomic E-state index is 0.270. The third kappa shape index (κ3) is 3.16. The Morgan fingerprint density at radius 3 is 2.65 bits per heavy atom. The maximum Gasteiger partial charge on any atom is 0.323 e. The standard InChI is InChI=1S/C14H16N2O4/c1-18-11-5-3-9(4-6-11)13-8-10(16-20-13)7-12(15)14(17)19-2/h3-6,8,12H,7,15H2,1-2H3. The molecule has 0 bridgehead atoms. The van der Waals surface area contributed by atoms with Crippen LogP contribution in [0.15, 0.2) is 34.9 Å². The largest absolute Gasteiger partial charge is 0.497 e. The Bertz CT molecular complexity index is 577. The molecule has 0 saturated heterocycles. The molecule has 2 rings (SSSR count). The minimum Gasteiger partial charge on any atom is -0.497 e. The van der Waals surface area contributed by atoms with Gasteiger partial charge in [0.1, 0.15) is 11.8 Å². The Kier molecular flexibility index (Phi) is 4.37. The van der Waals surface area contributed by atoms with E-state index in [1.807, 2.05) is 24.3 Å². The lowest BCUT2D eigenvalue weighted by Crippen LogP contribution is -2.33. The fourth-order valence-electron chi connectivity index (χ4n) is 1.76. The number of ether oxygens (including phenoxy) is 2. The first-order valence-electron chi connectivity index (χ1n) is 6.07. The van der Waals surface area contributed by atoms with Gasteiger partial charge in [0, 0.05) is 18.1 Å². The first-order chi connectivity index (χ1) is 9.63. The predicted octanol–water partition coefficient (Wildman–Crippen LogP) is 1.39. The highest BCUT2D eigenvalue weighted by molar-refractivity contribution is 5.75. The normalized spacial score (nSPS) is 11.9. The van der Waals surface area contributed by atoms with Crippen molar-refractivity contribution in [3.8, 4) is 17.1 Å². The number of hydrogen-bond acceptors (Lipinski definition) is 6. The molecule has 1 atom stereocenters. The number of benzene rings is 1. The molecular weight excluding hydrogens is 260 g/mol. The number of nitrogens with two attached hydrogens (primary N) is 1. The Balaban J connectivity index is 2.09. The van der Waals surface area contributed by atoms with Crippen LogP contribution in [0.4, 0.5) is 0 Å². The number of carbonyl (C=O) groups is 1. The third-order valence-electron chi connectivity index (χ3n) is 2.87. The molecule has 0 amide bonds. The van der Waals surface area contributed by atoms with E-state index in [0.29, 0.717) is 11.5 Å². The summed E-state index contributed by atoms with van der Waals surface area (Å²) in [5.74, 6) is 0.903. The van der Waals surface area contributed by atoms with Gasteiger partial charge in [0.25, 0.3) is 0 Å². The summed E-state index contributed by atoms with van der Waals surface area (Å²) < 4.78 is 14.9. The highest BCUT2D eigenvalue weighted by atomic mass is 16.5. The maximum absolute atomic E-state index is 11.2. The summed E-state index contributed by atoms with van der Waals surface area (Å²) in [6.07, 6.45) is 0.270. The van der Waals surface area contributed by atoms with Crippen molar-refractivity contribution in [1.82, 2.24) is 5.16 Å². The second-order valence-corrected chi connectivity index (χ2v) is 4.24. The molecule has 2 N–H and O–H groups in total. The molecule has 20 heavy (non-hydrogen) atoms. The molecule has 1 heterocycles. The predicted molar refractivity (Wildman–Crippen MR) is 72.2 cm³/mol. The summed E-state index contributed by atoms with van der Waals surface area (Å²) in [4.78, 5) is 11.2. The van der Waals surface area contributed by atoms with Gasteiger partial charge < -0.3 is 19.7 Å². The van der Waals surface area contributed by atoms with E-state index in [9.17, 15) is 4.79 Å². The van der Waals surface area contributed by atoms with Crippen LogP contribution in [0, 0.1) is 0 Å². The molecule has 0 saturated carbocycles. The fourth-order valence-corrected chi connectivity index (χ4v) is 1.76. The number of nitrogens with zero attached hydrogens (tertiary/aromatic N) is 1. The fraction of sp³-hybridized carbons (Fsp3) is 0.286. The van der Waals surface area contributed by atoms with E-state index < -0.39 is 12.0 Å². The van der Waals surface area contributed by atoms with Crippen LogP contribution < -0.4 is 10.5 Å². The number of esters is 1. The van der Waals surface area contributed by atoms with E-state index in [2.05, 4.69) is 9.89 Å². The van der Waals surface area contributed by atoms with Crippen molar-refractivity contribution in [2.24, 2.45) is 5.73 Å². The number of aromatic nitrogens is 1. The van der Waals surface area contributed by atoms with Crippen molar-refractivity contribution < 1.29 is 18.8 Å². The van der Waals surface area contributed by atoms with E-state index in [0.717, 1.165) is 11.3 Å². The molecule has 0 spiro atoms. The van der Waals surface area contributed by atoms with Crippen LogP contribution in [0.25, 0.3) is 11.3 Å². The van der Waals surface area contributed by atoms with Crippen LogP contribution in [-0.2, 0) is 16.0 Å². The number of carbonyl (C=O) groups excluding carboxylic acids is 1. The van der Waals surface area contributed by atoms with Gasteiger partial charge in [-0.1, -0.05) is 5.16 Å². The van der Waals surface area contributed by atoms with Crippen LogP contribution in [0.3, 0.4) is 0 Å². The lowest BCUT2D eigenvalue weighted by atomic mass is 10.1. The molecule has 1 unspecified atom stereocenters. The molecule has 6 heteroatoms. The lowest BCUT2D eigenvalue weighted by Gasteiger charge is -2.05. The topological polar surface area (TPSA) is 87.6 Å². The summed E-state index contributed by atoms with van der Waals surface area (Å²) in [6.45, 7) is 0. The van der Waals surface area contributed by atoms with Gasteiger partial charge in [0.05, 0.1) is 19.9 Å². The molecule has 6 nitrogen and oxygen atoms in total. The zero-order valence-corrected chi connectivity index (χ0v) is 11.3. The smallest absolute Gasteiger partial charge is 0.323 e. The van der Waals surface area contributed by atoms with Gasteiger partial charge in [-0.3, -0.25) is 4.79 Å². The average Bonchev–Trinajstić information content (AvgIpc) is 2.94. The summed E-state index contributed by atoms with van der Waals surface area (Å²) in [5, 5.41) is 3.90. The number of hydrogen-bond donors (Lipinski definition) is 1. The number of rotatable bonds is 5. The summed E-state index contributed by atoms with van der Waals surface area (Å²) >= 11 is 0. The van der Waals surface area contributed by atoms with E-state index in [1.165, 1.54) is 7.11 Å².